The van der Waals surface area contributed by atoms with Crippen LogP contribution in [0.1, 0.15) is 59.3 Å². The molecule has 0 aliphatic rings. The van der Waals surface area contributed by atoms with Gasteiger partial charge in [-0.2, -0.15) is 19.3 Å². The summed E-state index contributed by atoms with van der Waals surface area (Å²) in [7, 11) is 3.00. The Morgan fingerprint density at radius 2 is 0.579 bits per heavy atom. The first kappa shape index (κ1) is 42.7. The fraction of sp³-hybridized carbons (Fsp3) is 0.800. The predicted octanol–water partition coefficient (Wildman–Crippen LogP) is 3.68. The minimum atomic E-state index is 0. The molecule has 4 heteroatoms. The standard InChI is InChI=1S/3C4H9.3CH4O.Ti/c3*1-3-4-2;3*1-2;/h3*1,3-4H2,2H3;3*2H,1H3;/q3*-1;;;;+3. The summed E-state index contributed by atoms with van der Waals surface area (Å²) in [5.41, 5.74) is 0. The van der Waals surface area contributed by atoms with Crippen LogP contribution in [0.4, 0.5) is 0 Å². The van der Waals surface area contributed by atoms with Crippen molar-refractivity contribution < 1.29 is 37.0 Å². The van der Waals surface area contributed by atoms with Crippen molar-refractivity contribution in [1.29, 1.82) is 0 Å². The zero-order valence-corrected chi connectivity index (χ0v) is 15.8. The van der Waals surface area contributed by atoms with Crippen molar-refractivity contribution in [2.24, 2.45) is 0 Å². The van der Waals surface area contributed by atoms with Crippen molar-refractivity contribution in [3.05, 3.63) is 20.8 Å². The Kier molecular flexibility index (Phi) is 298. The summed E-state index contributed by atoms with van der Waals surface area (Å²) >= 11 is 0. The zero-order chi connectivity index (χ0) is 16.2. The van der Waals surface area contributed by atoms with Crippen LogP contribution in [0.3, 0.4) is 0 Å². The third-order valence-corrected chi connectivity index (χ3v) is 1.06. The Morgan fingerprint density at radius 1 is 0.526 bits per heavy atom. The molecule has 0 amide bonds. The minimum Gasteiger partial charge on any atom is -0.400 e. The Morgan fingerprint density at radius 3 is 0.579 bits per heavy atom. The molecule has 0 aromatic heterocycles. The largest absolute Gasteiger partial charge is 3.00 e. The van der Waals surface area contributed by atoms with E-state index < -0.39 is 0 Å². The van der Waals surface area contributed by atoms with Crippen LogP contribution in [0.5, 0.6) is 0 Å². The quantitative estimate of drug-likeness (QED) is 0.550. The second-order valence-corrected chi connectivity index (χ2v) is 2.56. The molecule has 1 radical (unpaired) electrons. The number of aliphatic hydroxyl groups excluding tert-OH is 3. The third-order valence-electron chi connectivity index (χ3n) is 1.06. The molecule has 0 aromatic carbocycles. The molecule has 0 aromatic rings. The van der Waals surface area contributed by atoms with Gasteiger partial charge in [-0.05, 0) is 0 Å². The van der Waals surface area contributed by atoms with Crippen LogP contribution in [0.15, 0.2) is 0 Å². The number of unbranched alkanes of at least 4 members (excludes halogenated alkanes) is 3. The summed E-state index contributed by atoms with van der Waals surface area (Å²) in [6.45, 7) is 17.2. The number of hydrogen-bond acceptors (Lipinski definition) is 3. The van der Waals surface area contributed by atoms with Crippen LogP contribution >= 0.6 is 0 Å². The molecule has 3 nitrogen and oxygen atoms in total. The Hall–Kier alpha value is 0.594. The first-order chi connectivity index (χ1) is 8.74. The Bertz CT molecular complexity index is 32.9. The molecule has 0 unspecified atom stereocenters. The average Bonchev–Trinajstić information content (AvgIpc) is 2.53. The summed E-state index contributed by atoms with van der Waals surface area (Å²) in [4.78, 5) is 0. The fourth-order valence-electron chi connectivity index (χ4n) is 0. The summed E-state index contributed by atoms with van der Waals surface area (Å²) in [6, 6.07) is 0. The maximum atomic E-state index is 7.00. The Balaban J connectivity index is -0.0000000186. The molecule has 0 heterocycles. The van der Waals surface area contributed by atoms with E-state index in [4.69, 9.17) is 15.3 Å². The van der Waals surface area contributed by atoms with Gasteiger partial charge in [-0.3, -0.25) is 0 Å². The van der Waals surface area contributed by atoms with Crippen molar-refractivity contribution in [3.8, 4) is 0 Å². The smallest absolute Gasteiger partial charge is 0.400 e. The van der Waals surface area contributed by atoms with Gasteiger partial charge in [0, 0.05) is 21.3 Å². The van der Waals surface area contributed by atoms with Crippen molar-refractivity contribution in [3.63, 3.8) is 0 Å². The molecule has 0 aliphatic carbocycles. The maximum absolute atomic E-state index is 7.00. The van der Waals surface area contributed by atoms with Crippen LogP contribution in [-0.2, 0) is 21.7 Å². The van der Waals surface area contributed by atoms with Gasteiger partial charge in [-0.25, -0.2) is 0 Å². The topological polar surface area (TPSA) is 60.7 Å². The molecule has 121 valence electrons. The van der Waals surface area contributed by atoms with Crippen LogP contribution in [0, 0.1) is 20.8 Å². The van der Waals surface area contributed by atoms with E-state index in [1.165, 1.54) is 19.3 Å². The fourth-order valence-corrected chi connectivity index (χ4v) is 0. The monoisotopic (exact) mass is 315 g/mol. The minimum absolute atomic E-state index is 0. The summed E-state index contributed by atoms with van der Waals surface area (Å²) in [5.74, 6) is 0. The number of hydrogen-bond donors (Lipinski definition) is 3. The van der Waals surface area contributed by atoms with Gasteiger partial charge < -0.3 is 36.1 Å². The Labute approximate surface area is 138 Å². The second-order valence-electron chi connectivity index (χ2n) is 2.56. The first-order valence-corrected chi connectivity index (χ1v) is 6.46. The molecular formula is C15H39O3Ti. The summed E-state index contributed by atoms with van der Waals surface area (Å²) in [6.07, 6.45) is 6.83. The number of aliphatic hydroxyl groups is 3. The van der Waals surface area contributed by atoms with Gasteiger partial charge in [0.2, 0.25) is 0 Å². The molecule has 0 aliphatic heterocycles. The van der Waals surface area contributed by atoms with Gasteiger partial charge in [-0.1, -0.05) is 40.0 Å². The van der Waals surface area contributed by atoms with Crippen molar-refractivity contribution in [2.75, 3.05) is 21.3 Å². The van der Waals surface area contributed by atoms with Gasteiger partial charge in [0.05, 0.1) is 0 Å². The van der Waals surface area contributed by atoms with Crippen LogP contribution in [0.25, 0.3) is 0 Å². The van der Waals surface area contributed by atoms with Crippen molar-refractivity contribution >= 4 is 0 Å². The zero-order valence-electron chi connectivity index (χ0n) is 14.2. The molecule has 0 saturated carbocycles. The normalized spacial score (nSPS) is 5.68. The molecule has 0 spiro atoms. The van der Waals surface area contributed by atoms with Gasteiger partial charge >= 0.3 is 21.7 Å². The van der Waals surface area contributed by atoms with Gasteiger partial charge in [0.25, 0.3) is 0 Å². The second kappa shape index (κ2) is 132. The first-order valence-electron chi connectivity index (χ1n) is 6.46. The summed E-state index contributed by atoms with van der Waals surface area (Å²) in [5, 5.41) is 21.0. The van der Waals surface area contributed by atoms with Crippen LogP contribution in [-0.4, -0.2) is 36.6 Å². The molecular weight excluding hydrogens is 276 g/mol. The van der Waals surface area contributed by atoms with Gasteiger partial charge in [0.15, 0.2) is 0 Å². The molecule has 0 rings (SSSR count). The van der Waals surface area contributed by atoms with Crippen molar-refractivity contribution in [2.45, 2.75) is 59.3 Å². The van der Waals surface area contributed by atoms with E-state index in [1.807, 2.05) is 0 Å². The molecule has 0 saturated heterocycles. The van der Waals surface area contributed by atoms with E-state index in [2.05, 4.69) is 41.5 Å². The molecule has 0 fully saturated rings. The van der Waals surface area contributed by atoms with Crippen molar-refractivity contribution in [1.82, 2.24) is 0 Å². The average molecular weight is 315 g/mol. The molecule has 19 heavy (non-hydrogen) atoms. The SMILES string of the molecule is CO.CO.CO.[CH2-]CCC.[CH2-]CCC.[CH2-]CCC.[Ti+3]. The van der Waals surface area contributed by atoms with E-state index in [9.17, 15) is 0 Å². The van der Waals surface area contributed by atoms with E-state index in [0.717, 1.165) is 40.6 Å². The molecule has 3 N–H and O–H groups in total. The van der Waals surface area contributed by atoms with Crippen LogP contribution < -0.4 is 0 Å². The number of rotatable bonds is 3. The van der Waals surface area contributed by atoms with E-state index >= 15 is 0 Å². The van der Waals surface area contributed by atoms with Crippen LogP contribution in [0.2, 0.25) is 0 Å². The van der Waals surface area contributed by atoms with E-state index in [1.54, 1.807) is 0 Å². The van der Waals surface area contributed by atoms with Gasteiger partial charge in [-0.15, -0.1) is 0 Å². The van der Waals surface area contributed by atoms with E-state index in [-0.39, 0.29) is 21.7 Å². The summed E-state index contributed by atoms with van der Waals surface area (Å²) < 4.78 is 0. The predicted molar refractivity (Wildman–Crippen MR) is 85.2 cm³/mol. The molecule has 0 bridgehead atoms. The third kappa shape index (κ3) is 396. The van der Waals surface area contributed by atoms with Gasteiger partial charge in [0.1, 0.15) is 0 Å². The van der Waals surface area contributed by atoms with E-state index in [0.29, 0.717) is 0 Å². The maximum Gasteiger partial charge on any atom is 3.00 e. The molecule has 0 atom stereocenters.